The Kier molecular flexibility index (Phi) is 0.763. The van der Waals surface area contributed by atoms with Crippen LogP contribution < -0.4 is 0 Å². The lowest BCUT2D eigenvalue weighted by Crippen LogP contribution is -2.89. The van der Waals surface area contributed by atoms with Crippen molar-refractivity contribution in [3.8, 4) is 0 Å². The Hall–Kier alpha value is -0.530. The van der Waals surface area contributed by atoms with E-state index < -0.39 is 0 Å². The first-order chi connectivity index (χ1) is 6.77. The van der Waals surface area contributed by atoms with E-state index in [2.05, 4.69) is 0 Å². The molecule has 6 aliphatic rings. The van der Waals surface area contributed by atoms with Crippen LogP contribution in [0.1, 0.15) is 13.3 Å². The summed E-state index contributed by atoms with van der Waals surface area (Å²) in [5, 5.41) is 0. The Labute approximate surface area is 83.0 Å². The van der Waals surface area contributed by atoms with Crippen molar-refractivity contribution in [2.45, 2.75) is 13.3 Å². The van der Waals surface area contributed by atoms with Gasteiger partial charge in [-0.05, 0) is 47.8 Å². The summed E-state index contributed by atoms with van der Waals surface area (Å²) in [4.78, 5) is 10.8. The van der Waals surface area contributed by atoms with Gasteiger partial charge < -0.3 is 4.74 Å². The molecule has 6 rings (SSSR count). The largest absolute Gasteiger partial charge is 0.465 e. The zero-order valence-electron chi connectivity index (χ0n) is 8.27. The minimum Gasteiger partial charge on any atom is -0.465 e. The fourth-order valence-corrected chi connectivity index (χ4v) is 6.65. The molecule has 14 heavy (non-hydrogen) atoms. The molecule has 2 bridgehead atoms. The molecule has 0 aromatic carbocycles. The molecule has 6 aliphatic carbocycles. The number of carbonyl (C=O) groups is 1. The van der Waals surface area contributed by atoms with Crippen molar-refractivity contribution in [1.29, 1.82) is 0 Å². The van der Waals surface area contributed by atoms with Crippen LogP contribution in [0.5, 0.6) is 0 Å². The van der Waals surface area contributed by atoms with E-state index in [1.165, 1.54) is 13.3 Å². The normalized spacial score (nSPS) is 72.5. The summed E-state index contributed by atoms with van der Waals surface area (Å²) in [7, 11) is 0. The van der Waals surface area contributed by atoms with Crippen LogP contribution in [0.15, 0.2) is 0 Å². The molecule has 2 heteroatoms. The van der Waals surface area contributed by atoms with Crippen LogP contribution in [0.25, 0.3) is 0 Å². The molecule has 2 nitrogen and oxygen atoms in total. The van der Waals surface area contributed by atoms with E-state index in [1.807, 2.05) is 0 Å². The standard InChI is InChI=1S/C12H14O2/c1-4(13)14-3-12-9-6-2-5-7(9)11(12)8(5)10(6)12/h5-11H,2-3H2,1H3/t5?,6?,7-,8+,9-,10-,11?,12?/m1/s1. The highest BCUT2D eigenvalue weighted by Crippen LogP contribution is 2.99. The number of hydrogen-bond donors (Lipinski definition) is 0. The van der Waals surface area contributed by atoms with Gasteiger partial charge in [0.05, 0.1) is 6.61 Å². The number of carbonyl (C=O) groups excluding carboxylic acids is 1. The first kappa shape index (κ1) is 6.86. The van der Waals surface area contributed by atoms with E-state index in [4.69, 9.17) is 4.74 Å². The second-order valence-corrected chi connectivity index (χ2v) is 6.19. The molecule has 0 aromatic heterocycles. The Balaban J connectivity index is 1.47. The molecule has 74 valence electrons. The van der Waals surface area contributed by atoms with Crippen molar-refractivity contribution in [2.24, 2.45) is 46.8 Å². The summed E-state index contributed by atoms with van der Waals surface area (Å²) in [6.45, 7) is 2.30. The lowest BCUT2D eigenvalue weighted by Gasteiger charge is -2.90. The smallest absolute Gasteiger partial charge is 0.302 e. The summed E-state index contributed by atoms with van der Waals surface area (Å²) in [5.74, 6) is 7.27. The van der Waals surface area contributed by atoms with Gasteiger partial charge in [-0.3, -0.25) is 4.79 Å². The minimum atomic E-state index is -0.0858. The van der Waals surface area contributed by atoms with Crippen LogP contribution in [0, 0.1) is 46.8 Å². The summed E-state index contributed by atoms with van der Waals surface area (Å²) in [6, 6.07) is 0. The predicted molar refractivity (Wildman–Crippen MR) is 48.1 cm³/mol. The summed E-state index contributed by atoms with van der Waals surface area (Å²) < 4.78 is 5.27. The zero-order valence-corrected chi connectivity index (χ0v) is 8.27. The fourth-order valence-electron chi connectivity index (χ4n) is 6.65. The van der Waals surface area contributed by atoms with Crippen molar-refractivity contribution in [1.82, 2.24) is 0 Å². The van der Waals surface area contributed by atoms with Crippen molar-refractivity contribution in [3.63, 3.8) is 0 Å². The fraction of sp³-hybridized carbons (Fsp3) is 0.917. The van der Waals surface area contributed by atoms with Gasteiger partial charge in [-0.25, -0.2) is 0 Å². The van der Waals surface area contributed by atoms with Crippen LogP contribution in [-0.2, 0) is 9.53 Å². The summed E-state index contributed by atoms with van der Waals surface area (Å²) >= 11 is 0. The van der Waals surface area contributed by atoms with Crippen molar-refractivity contribution in [2.75, 3.05) is 6.61 Å². The summed E-state index contributed by atoms with van der Waals surface area (Å²) in [6.07, 6.45) is 1.53. The van der Waals surface area contributed by atoms with Crippen LogP contribution in [-0.4, -0.2) is 12.6 Å². The van der Waals surface area contributed by atoms with Gasteiger partial charge >= 0.3 is 5.97 Å². The Morgan fingerprint density at radius 3 is 2.57 bits per heavy atom. The van der Waals surface area contributed by atoms with Gasteiger partial charge in [0.2, 0.25) is 0 Å². The molecule has 0 spiro atoms. The lowest BCUT2D eigenvalue weighted by molar-refractivity contribution is -0.455. The molecule has 0 aromatic rings. The zero-order chi connectivity index (χ0) is 9.24. The molecule has 4 unspecified atom stereocenters. The Bertz CT molecular complexity index is 351. The minimum absolute atomic E-state index is 0.0858. The van der Waals surface area contributed by atoms with Gasteiger partial charge in [-0.2, -0.15) is 0 Å². The third-order valence-electron chi connectivity index (χ3n) is 6.50. The molecular weight excluding hydrogens is 176 g/mol. The SMILES string of the molecule is CC(=O)OCC12C3[C@H]4C5CC([C@H]41)[C@@H]2[C@@H]53. The number of rotatable bonds is 2. The van der Waals surface area contributed by atoms with Crippen molar-refractivity contribution in [3.05, 3.63) is 0 Å². The van der Waals surface area contributed by atoms with Gasteiger partial charge in [0, 0.05) is 12.3 Å². The molecule has 6 fully saturated rings. The van der Waals surface area contributed by atoms with E-state index in [0.29, 0.717) is 5.41 Å². The Morgan fingerprint density at radius 2 is 2.00 bits per heavy atom. The molecule has 6 saturated carbocycles. The monoisotopic (exact) mass is 190 g/mol. The van der Waals surface area contributed by atoms with Crippen molar-refractivity contribution < 1.29 is 9.53 Å². The first-order valence-electron chi connectivity index (χ1n) is 5.90. The van der Waals surface area contributed by atoms with Crippen LogP contribution in [0.4, 0.5) is 0 Å². The van der Waals surface area contributed by atoms with E-state index in [9.17, 15) is 4.79 Å². The third kappa shape index (κ3) is 0.356. The summed E-state index contributed by atoms with van der Waals surface area (Å²) in [5.41, 5.74) is 0.540. The molecule has 0 radical (unpaired) electrons. The maximum atomic E-state index is 10.8. The third-order valence-corrected chi connectivity index (χ3v) is 6.50. The highest BCUT2D eigenvalue weighted by Gasteiger charge is 2.97. The van der Waals surface area contributed by atoms with Gasteiger partial charge in [-0.1, -0.05) is 0 Å². The molecule has 8 atom stereocenters. The topological polar surface area (TPSA) is 26.3 Å². The predicted octanol–water partition coefficient (Wildman–Crippen LogP) is 1.31. The first-order valence-corrected chi connectivity index (χ1v) is 5.90. The molecule has 0 N–H and O–H groups in total. The van der Waals surface area contributed by atoms with Gasteiger partial charge in [-0.15, -0.1) is 0 Å². The second-order valence-electron chi connectivity index (χ2n) is 6.19. The molecule has 0 amide bonds. The molecular formula is C12H14O2. The van der Waals surface area contributed by atoms with E-state index in [-0.39, 0.29) is 5.97 Å². The Morgan fingerprint density at radius 1 is 1.29 bits per heavy atom. The van der Waals surface area contributed by atoms with Gasteiger partial charge in [0.1, 0.15) is 0 Å². The highest BCUT2D eigenvalue weighted by atomic mass is 16.5. The average molecular weight is 190 g/mol. The second kappa shape index (κ2) is 1.56. The van der Waals surface area contributed by atoms with Crippen LogP contribution in [0.3, 0.4) is 0 Å². The average Bonchev–Trinajstić information content (AvgIpc) is 2.40. The molecule has 0 aliphatic heterocycles. The van der Waals surface area contributed by atoms with Gasteiger partial charge in [0.25, 0.3) is 0 Å². The van der Waals surface area contributed by atoms with Crippen molar-refractivity contribution >= 4 is 5.97 Å². The lowest BCUT2D eigenvalue weighted by atomic mass is 9.13. The van der Waals surface area contributed by atoms with Crippen LogP contribution in [0.2, 0.25) is 0 Å². The maximum absolute atomic E-state index is 10.8. The molecule has 0 saturated heterocycles. The van der Waals surface area contributed by atoms with E-state index >= 15 is 0 Å². The van der Waals surface area contributed by atoms with E-state index in [0.717, 1.165) is 48.0 Å². The maximum Gasteiger partial charge on any atom is 0.302 e. The number of ether oxygens (including phenoxy) is 1. The van der Waals surface area contributed by atoms with Crippen LogP contribution >= 0.6 is 0 Å². The highest BCUT2D eigenvalue weighted by molar-refractivity contribution is 5.66. The molecule has 0 heterocycles. The number of hydrogen-bond acceptors (Lipinski definition) is 2. The quantitative estimate of drug-likeness (QED) is 0.614. The van der Waals surface area contributed by atoms with E-state index in [1.54, 1.807) is 0 Å². The van der Waals surface area contributed by atoms with Gasteiger partial charge in [0.15, 0.2) is 0 Å². The number of esters is 1.